The van der Waals surface area contributed by atoms with Crippen LogP contribution >= 0.6 is 15.9 Å². The monoisotopic (exact) mass is 346 g/mol. The molecule has 0 aliphatic rings. The highest BCUT2D eigenvalue weighted by Gasteiger charge is 2.16. The van der Waals surface area contributed by atoms with Gasteiger partial charge in [-0.2, -0.15) is 0 Å². The van der Waals surface area contributed by atoms with E-state index in [9.17, 15) is 9.90 Å². The third-order valence-electron chi connectivity index (χ3n) is 3.15. The minimum atomic E-state index is -0.227. The minimum absolute atomic E-state index is 0.142. The maximum atomic E-state index is 12.5. The molecule has 0 bridgehead atoms. The Balaban J connectivity index is 2.35. The van der Waals surface area contributed by atoms with Crippen LogP contribution in [0.4, 0.5) is 0 Å². The standard InChI is InChI=1S/C16H11BrO4/c1-20-16-14(19)12-7-4-10(17)8-13(12)21-15(16)9-2-5-11(18)6-3-9/h2-8,18H,1H3. The SMILES string of the molecule is COc1c(-c2ccc(O)cc2)oc2cc(Br)ccc2c1=O. The summed E-state index contributed by atoms with van der Waals surface area (Å²) in [6.07, 6.45) is 0. The predicted molar refractivity (Wildman–Crippen MR) is 83.8 cm³/mol. The van der Waals surface area contributed by atoms with Crippen LogP contribution in [0.25, 0.3) is 22.3 Å². The van der Waals surface area contributed by atoms with Crippen molar-refractivity contribution in [2.75, 3.05) is 7.11 Å². The molecule has 0 aliphatic carbocycles. The Morgan fingerprint density at radius 1 is 1.14 bits per heavy atom. The van der Waals surface area contributed by atoms with Crippen LogP contribution in [0.3, 0.4) is 0 Å². The predicted octanol–water partition coefficient (Wildman–Crippen LogP) is 3.94. The average molecular weight is 347 g/mol. The molecule has 0 atom stereocenters. The molecule has 21 heavy (non-hydrogen) atoms. The van der Waals surface area contributed by atoms with Gasteiger partial charge in [-0.1, -0.05) is 15.9 Å². The van der Waals surface area contributed by atoms with Crippen molar-refractivity contribution < 1.29 is 14.3 Å². The first kappa shape index (κ1) is 13.7. The highest BCUT2D eigenvalue weighted by Crippen LogP contribution is 2.32. The highest BCUT2D eigenvalue weighted by molar-refractivity contribution is 9.10. The Labute approximate surface area is 128 Å². The van der Waals surface area contributed by atoms with E-state index in [1.807, 2.05) is 0 Å². The Hall–Kier alpha value is -2.27. The number of hydrogen-bond donors (Lipinski definition) is 1. The van der Waals surface area contributed by atoms with Gasteiger partial charge in [-0.05, 0) is 42.5 Å². The lowest BCUT2D eigenvalue weighted by atomic mass is 10.1. The summed E-state index contributed by atoms with van der Waals surface area (Å²) in [5.74, 6) is 0.632. The molecule has 1 N–H and O–H groups in total. The molecule has 2 aromatic carbocycles. The summed E-state index contributed by atoms with van der Waals surface area (Å²) in [7, 11) is 1.43. The molecule has 4 nitrogen and oxygen atoms in total. The number of aromatic hydroxyl groups is 1. The molecule has 106 valence electrons. The molecular formula is C16H11BrO4. The second-order valence-electron chi connectivity index (χ2n) is 4.48. The fourth-order valence-electron chi connectivity index (χ4n) is 2.14. The smallest absolute Gasteiger partial charge is 0.235 e. The number of hydrogen-bond acceptors (Lipinski definition) is 4. The van der Waals surface area contributed by atoms with Crippen molar-refractivity contribution in [1.29, 1.82) is 0 Å². The molecule has 0 saturated carbocycles. The Kier molecular flexibility index (Phi) is 3.43. The molecule has 3 rings (SSSR count). The summed E-state index contributed by atoms with van der Waals surface area (Å²) in [6, 6.07) is 11.6. The van der Waals surface area contributed by atoms with Crippen LogP contribution in [0.5, 0.6) is 11.5 Å². The van der Waals surface area contributed by atoms with Crippen molar-refractivity contribution in [2.45, 2.75) is 0 Å². The van der Waals surface area contributed by atoms with Gasteiger partial charge in [0.25, 0.3) is 0 Å². The number of phenolic OH excluding ortho intramolecular Hbond substituents is 1. The molecule has 0 aliphatic heterocycles. The molecule has 0 spiro atoms. The van der Waals surface area contributed by atoms with E-state index < -0.39 is 0 Å². The zero-order chi connectivity index (χ0) is 15.0. The quantitative estimate of drug-likeness (QED) is 0.763. The summed E-state index contributed by atoms with van der Waals surface area (Å²) in [5.41, 5.74) is 0.899. The summed E-state index contributed by atoms with van der Waals surface area (Å²) in [6.45, 7) is 0. The lowest BCUT2D eigenvalue weighted by Gasteiger charge is -2.09. The first-order valence-corrected chi connectivity index (χ1v) is 6.99. The molecule has 0 amide bonds. The van der Waals surface area contributed by atoms with Crippen molar-refractivity contribution in [3.05, 3.63) is 57.2 Å². The van der Waals surface area contributed by atoms with Gasteiger partial charge in [0.05, 0.1) is 12.5 Å². The molecule has 0 unspecified atom stereocenters. The number of phenols is 1. The van der Waals surface area contributed by atoms with Crippen molar-refractivity contribution in [3.63, 3.8) is 0 Å². The first-order chi connectivity index (χ1) is 10.1. The van der Waals surface area contributed by atoms with Crippen molar-refractivity contribution in [2.24, 2.45) is 0 Å². The zero-order valence-corrected chi connectivity index (χ0v) is 12.7. The number of rotatable bonds is 2. The van der Waals surface area contributed by atoms with Crippen LogP contribution in [0.2, 0.25) is 0 Å². The van der Waals surface area contributed by atoms with Crippen LogP contribution in [-0.4, -0.2) is 12.2 Å². The van der Waals surface area contributed by atoms with E-state index in [2.05, 4.69) is 15.9 Å². The summed E-state index contributed by atoms with van der Waals surface area (Å²) in [4.78, 5) is 12.5. The number of ether oxygens (including phenoxy) is 1. The minimum Gasteiger partial charge on any atom is -0.508 e. The van der Waals surface area contributed by atoms with Crippen LogP contribution in [-0.2, 0) is 0 Å². The Morgan fingerprint density at radius 2 is 1.86 bits per heavy atom. The molecule has 0 radical (unpaired) electrons. The maximum absolute atomic E-state index is 12.5. The van der Waals surface area contributed by atoms with E-state index in [1.54, 1.807) is 30.3 Å². The van der Waals surface area contributed by atoms with Gasteiger partial charge in [-0.3, -0.25) is 4.79 Å². The maximum Gasteiger partial charge on any atom is 0.235 e. The number of methoxy groups -OCH3 is 1. The van der Waals surface area contributed by atoms with Gasteiger partial charge < -0.3 is 14.3 Å². The van der Waals surface area contributed by atoms with E-state index in [-0.39, 0.29) is 16.9 Å². The van der Waals surface area contributed by atoms with Crippen molar-refractivity contribution >= 4 is 26.9 Å². The summed E-state index contributed by atoms with van der Waals surface area (Å²) >= 11 is 3.36. The Morgan fingerprint density at radius 3 is 2.52 bits per heavy atom. The highest BCUT2D eigenvalue weighted by atomic mass is 79.9. The molecule has 0 saturated heterocycles. The Bertz CT molecular complexity index is 866. The number of benzene rings is 2. The third kappa shape index (κ3) is 2.40. The number of fused-ring (bicyclic) bond motifs is 1. The lowest BCUT2D eigenvalue weighted by Crippen LogP contribution is -2.07. The van der Waals surface area contributed by atoms with Gasteiger partial charge in [-0.25, -0.2) is 0 Å². The van der Waals surface area contributed by atoms with Gasteiger partial charge in [0.1, 0.15) is 11.3 Å². The number of halogens is 1. The average Bonchev–Trinajstić information content (AvgIpc) is 2.47. The van der Waals surface area contributed by atoms with Gasteiger partial charge in [-0.15, -0.1) is 0 Å². The van der Waals surface area contributed by atoms with Crippen molar-refractivity contribution in [3.8, 4) is 22.8 Å². The molecule has 0 fully saturated rings. The lowest BCUT2D eigenvalue weighted by molar-refractivity contribution is 0.398. The fourth-order valence-corrected chi connectivity index (χ4v) is 2.48. The molecule has 5 heteroatoms. The van der Waals surface area contributed by atoms with Crippen LogP contribution in [0.15, 0.2) is 56.1 Å². The van der Waals surface area contributed by atoms with Gasteiger partial charge in [0, 0.05) is 10.0 Å². The zero-order valence-electron chi connectivity index (χ0n) is 11.1. The van der Waals surface area contributed by atoms with E-state index in [0.717, 1.165) is 4.47 Å². The molecule has 1 heterocycles. The van der Waals surface area contributed by atoms with Gasteiger partial charge >= 0.3 is 0 Å². The van der Waals surface area contributed by atoms with E-state index in [1.165, 1.54) is 19.2 Å². The van der Waals surface area contributed by atoms with Gasteiger partial charge in [0.15, 0.2) is 5.76 Å². The normalized spacial score (nSPS) is 10.8. The van der Waals surface area contributed by atoms with Gasteiger partial charge in [0.2, 0.25) is 11.2 Å². The van der Waals surface area contributed by atoms with Crippen LogP contribution in [0.1, 0.15) is 0 Å². The molecular weight excluding hydrogens is 336 g/mol. The second kappa shape index (κ2) is 5.26. The summed E-state index contributed by atoms with van der Waals surface area (Å²) < 4.78 is 11.9. The van der Waals surface area contributed by atoms with Crippen LogP contribution in [0, 0.1) is 0 Å². The van der Waals surface area contributed by atoms with E-state index in [4.69, 9.17) is 9.15 Å². The summed E-state index contributed by atoms with van der Waals surface area (Å²) in [5, 5.41) is 9.82. The van der Waals surface area contributed by atoms with E-state index >= 15 is 0 Å². The molecule has 3 aromatic rings. The van der Waals surface area contributed by atoms with E-state index in [0.29, 0.717) is 22.3 Å². The third-order valence-corrected chi connectivity index (χ3v) is 3.64. The topological polar surface area (TPSA) is 59.7 Å². The second-order valence-corrected chi connectivity index (χ2v) is 5.40. The van der Waals surface area contributed by atoms with Crippen LogP contribution < -0.4 is 10.2 Å². The first-order valence-electron chi connectivity index (χ1n) is 6.20. The fraction of sp³-hybridized carbons (Fsp3) is 0.0625. The largest absolute Gasteiger partial charge is 0.508 e. The molecule has 1 aromatic heterocycles. The van der Waals surface area contributed by atoms with Crippen molar-refractivity contribution in [1.82, 2.24) is 0 Å².